The van der Waals surface area contributed by atoms with E-state index in [0.29, 0.717) is 17.5 Å². The molecule has 0 amide bonds. The Morgan fingerprint density at radius 1 is 1.64 bits per heavy atom. The highest BCUT2D eigenvalue weighted by atomic mass is 16.5. The van der Waals surface area contributed by atoms with Gasteiger partial charge in [-0.2, -0.15) is 0 Å². The largest absolute Gasteiger partial charge is 0.481 e. The first-order valence-corrected chi connectivity index (χ1v) is 4.68. The molecule has 0 spiro atoms. The molecule has 2 heterocycles. The molecule has 1 aliphatic rings. The Morgan fingerprint density at radius 3 is 3.14 bits per heavy atom. The predicted octanol–water partition coefficient (Wildman–Crippen LogP) is 1.18. The molecule has 2 N–H and O–H groups in total. The van der Waals surface area contributed by atoms with Crippen molar-refractivity contribution in [2.75, 3.05) is 26.1 Å². The average Bonchev–Trinajstić information content (AvgIpc) is 2.70. The van der Waals surface area contributed by atoms with E-state index >= 15 is 0 Å². The monoisotopic (exact) mass is 194 g/mol. The number of aromatic nitrogens is 1. The van der Waals surface area contributed by atoms with Crippen molar-refractivity contribution < 1.29 is 9.47 Å². The molecule has 4 nitrogen and oxygen atoms in total. The normalized spacial score (nSPS) is 21.1. The van der Waals surface area contributed by atoms with Crippen LogP contribution in [-0.4, -0.2) is 25.3 Å². The maximum absolute atomic E-state index is 5.69. The molecule has 1 aromatic rings. The zero-order valence-electron chi connectivity index (χ0n) is 8.19. The molecule has 1 fully saturated rings. The second-order valence-corrected chi connectivity index (χ2v) is 3.43. The number of hydrogen-bond donors (Lipinski definition) is 1. The van der Waals surface area contributed by atoms with Gasteiger partial charge in [-0.3, -0.25) is 0 Å². The van der Waals surface area contributed by atoms with Gasteiger partial charge in [0.1, 0.15) is 0 Å². The zero-order valence-corrected chi connectivity index (χ0v) is 8.19. The Kier molecular flexibility index (Phi) is 2.54. The van der Waals surface area contributed by atoms with Crippen molar-refractivity contribution in [2.45, 2.75) is 12.3 Å². The summed E-state index contributed by atoms with van der Waals surface area (Å²) in [6.45, 7) is 1.55. The SMILES string of the molecule is COc1ncc(N)cc1C1CCOC1. The van der Waals surface area contributed by atoms with E-state index in [1.54, 1.807) is 13.3 Å². The fourth-order valence-corrected chi connectivity index (χ4v) is 1.73. The molecular weight excluding hydrogens is 180 g/mol. The fraction of sp³-hybridized carbons (Fsp3) is 0.500. The number of methoxy groups -OCH3 is 1. The van der Waals surface area contributed by atoms with Gasteiger partial charge in [-0.1, -0.05) is 0 Å². The minimum absolute atomic E-state index is 0.376. The molecule has 0 aliphatic carbocycles. The third-order valence-electron chi connectivity index (χ3n) is 2.46. The summed E-state index contributed by atoms with van der Waals surface area (Å²) < 4.78 is 10.5. The molecule has 2 rings (SSSR count). The molecule has 1 aromatic heterocycles. The Labute approximate surface area is 83.0 Å². The van der Waals surface area contributed by atoms with Gasteiger partial charge in [0.05, 0.1) is 25.6 Å². The smallest absolute Gasteiger partial charge is 0.216 e. The van der Waals surface area contributed by atoms with E-state index in [1.807, 2.05) is 6.07 Å². The molecular formula is C10H14N2O2. The zero-order chi connectivity index (χ0) is 9.97. The van der Waals surface area contributed by atoms with Gasteiger partial charge in [0.2, 0.25) is 5.88 Å². The van der Waals surface area contributed by atoms with Gasteiger partial charge in [0.25, 0.3) is 0 Å². The summed E-state index contributed by atoms with van der Waals surface area (Å²) in [7, 11) is 1.62. The number of ether oxygens (including phenoxy) is 2. The first kappa shape index (κ1) is 9.27. The highest BCUT2D eigenvalue weighted by molar-refractivity contribution is 5.44. The van der Waals surface area contributed by atoms with Crippen LogP contribution in [0.25, 0.3) is 0 Å². The maximum Gasteiger partial charge on any atom is 0.216 e. The third-order valence-corrected chi connectivity index (χ3v) is 2.46. The van der Waals surface area contributed by atoms with Gasteiger partial charge in [-0.05, 0) is 12.5 Å². The van der Waals surface area contributed by atoms with Gasteiger partial charge in [-0.15, -0.1) is 0 Å². The lowest BCUT2D eigenvalue weighted by atomic mass is 9.99. The topological polar surface area (TPSA) is 57.4 Å². The van der Waals surface area contributed by atoms with E-state index in [0.717, 1.165) is 25.2 Å². The van der Waals surface area contributed by atoms with Crippen molar-refractivity contribution in [3.8, 4) is 5.88 Å². The Bertz CT molecular complexity index is 322. The molecule has 76 valence electrons. The summed E-state index contributed by atoms with van der Waals surface area (Å²) >= 11 is 0. The molecule has 1 atom stereocenters. The van der Waals surface area contributed by atoms with Crippen molar-refractivity contribution in [3.63, 3.8) is 0 Å². The van der Waals surface area contributed by atoms with E-state index in [4.69, 9.17) is 15.2 Å². The molecule has 0 radical (unpaired) electrons. The molecule has 1 aliphatic heterocycles. The van der Waals surface area contributed by atoms with Crippen LogP contribution in [0.2, 0.25) is 0 Å². The maximum atomic E-state index is 5.69. The highest BCUT2D eigenvalue weighted by Gasteiger charge is 2.22. The van der Waals surface area contributed by atoms with Gasteiger partial charge < -0.3 is 15.2 Å². The van der Waals surface area contributed by atoms with Crippen molar-refractivity contribution in [1.29, 1.82) is 0 Å². The quantitative estimate of drug-likeness (QED) is 0.768. The number of hydrogen-bond acceptors (Lipinski definition) is 4. The van der Waals surface area contributed by atoms with Crippen molar-refractivity contribution in [2.24, 2.45) is 0 Å². The van der Waals surface area contributed by atoms with Crippen LogP contribution in [-0.2, 0) is 4.74 Å². The lowest BCUT2D eigenvalue weighted by Crippen LogP contribution is -2.03. The Hall–Kier alpha value is -1.29. The summed E-state index contributed by atoms with van der Waals surface area (Å²) in [6, 6.07) is 1.92. The van der Waals surface area contributed by atoms with Crippen LogP contribution in [0.15, 0.2) is 12.3 Å². The number of nitrogens with two attached hydrogens (primary N) is 1. The number of pyridine rings is 1. The van der Waals surface area contributed by atoms with E-state index in [9.17, 15) is 0 Å². The van der Waals surface area contributed by atoms with Crippen molar-refractivity contribution in [1.82, 2.24) is 4.98 Å². The molecule has 4 heteroatoms. The average molecular weight is 194 g/mol. The van der Waals surface area contributed by atoms with E-state index in [2.05, 4.69) is 4.98 Å². The lowest BCUT2D eigenvalue weighted by molar-refractivity contribution is 0.193. The number of anilines is 1. The Morgan fingerprint density at radius 2 is 2.50 bits per heavy atom. The number of nitrogens with zero attached hydrogens (tertiary/aromatic N) is 1. The van der Waals surface area contributed by atoms with Crippen LogP contribution in [0.4, 0.5) is 5.69 Å². The summed E-state index contributed by atoms with van der Waals surface area (Å²) in [5.74, 6) is 1.04. The standard InChI is InChI=1S/C10H14N2O2/c1-13-10-9(4-8(11)5-12-10)7-2-3-14-6-7/h4-5,7H,2-3,6,11H2,1H3. The second kappa shape index (κ2) is 3.84. The molecule has 0 bridgehead atoms. The minimum Gasteiger partial charge on any atom is -0.481 e. The fourth-order valence-electron chi connectivity index (χ4n) is 1.73. The predicted molar refractivity (Wildman–Crippen MR) is 53.4 cm³/mol. The number of rotatable bonds is 2. The van der Waals surface area contributed by atoms with Gasteiger partial charge in [-0.25, -0.2) is 4.98 Å². The summed E-state index contributed by atoms with van der Waals surface area (Å²) in [4.78, 5) is 4.14. The van der Waals surface area contributed by atoms with Gasteiger partial charge >= 0.3 is 0 Å². The first-order chi connectivity index (χ1) is 6.81. The minimum atomic E-state index is 0.376. The van der Waals surface area contributed by atoms with Crippen LogP contribution < -0.4 is 10.5 Å². The van der Waals surface area contributed by atoms with E-state index < -0.39 is 0 Å². The van der Waals surface area contributed by atoms with Crippen LogP contribution in [0, 0.1) is 0 Å². The summed E-state index contributed by atoms with van der Waals surface area (Å²) in [5, 5.41) is 0. The second-order valence-electron chi connectivity index (χ2n) is 3.43. The highest BCUT2D eigenvalue weighted by Crippen LogP contribution is 2.31. The molecule has 1 unspecified atom stereocenters. The molecule has 1 saturated heterocycles. The van der Waals surface area contributed by atoms with Crippen LogP contribution >= 0.6 is 0 Å². The first-order valence-electron chi connectivity index (χ1n) is 4.68. The summed E-state index contributed by atoms with van der Waals surface area (Å²) in [5.41, 5.74) is 7.42. The van der Waals surface area contributed by atoms with Gasteiger partial charge in [0, 0.05) is 18.1 Å². The summed E-state index contributed by atoms with van der Waals surface area (Å²) in [6.07, 6.45) is 2.62. The van der Waals surface area contributed by atoms with Crippen molar-refractivity contribution in [3.05, 3.63) is 17.8 Å². The third kappa shape index (κ3) is 1.65. The molecule has 0 saturated carbocycles. The van der Waals surface area contributed by atoms with Crippen LogP contribution in [0.1, 0.15) is 17.9 Å². The van der Waals surface area contributed by atoms with E-state index in [-0.39, 0.29) is 0 Å². The Balaban J connectivity index is 2.33. The van der Waals surface area contributed by atoms with Gasteiger partial charge in [0.15, 0.2) is 0 Å². The molecule has 14 heavy (non-hydrogen) atoms. The molecule has 0 aromatic carbocycles. The lowest BCUT2D eigenvalue weighted by Gasteiger charge is -2.12. The number of nitrogen functional groups attached to an aromatic ring is 1. The van der Waals surface area contributed by atoms with Crippen LogP contribution in [0.5, 0.6) is 5.88 Å². The van der Waals surface area contributed by atoms with Crippen LogP contribution in [0.3, 0.4) is 0 Å². The van der Waals surface area contributed by atoms with Crippen molar-refractivity contribution >= 4 is 5.69 Å². The van der Waals surface area contributed by atoms with E-state index in [1.165, 1.54) is 0 Å².